The molecular weight excluding hydrogens is 334 g/mol. The van der Waals surface area contributed by atoms with E-state index in [-0.39, 0.29) is 17.3 Å². The van der Waals surface area contributed by atoms with Crippen LogP contribution in [0.1, 0.15) is 30.6 Å². The molecule has 0 atom stereocenters. The van der Waals surface area contributed by atoms with Crippen molar-refractivity contribution in [1.29, 1.82) is 0 Å². The summed E-state index contributed by atoms with van der Waals surface area (Å²) >= 11 is 0. The first-order chi connectivity index (χ1) is 12.3. The van der Waals surface area contributed by atoms with Gasteiger partial charge in [0.15, 0.2) is 23.2 Å². The number of carbonyl (C=O) groups excluding carboxylic acids is 1. The Morgan fingerprint density at radius 3 is 2.81 bits per heavy atom. The van der Waals surface area contributed by atoms with E-state index >= 15 is 0 Å². The standard InChI is InChI=1S/C18H25N5O3/c1-6-7-20-18(24)15-16(19)22-23(5)17(15)21-12(3)11(2)10-14-13(4)25-8-9-26-14/h10H,2,4,6-9H2,1,3,5H3,(H2,19,22)(H,20,24)/b14-10+,21-12?. The van der Waals surface area contributed by atoms with E-state index < -0.39 is 0 Å². The van der Waals surface area contributed by atoms with Gasteiger partial charge in [0.1, 0.15) is 18.8 Å². The van der Waals surface area contributed by atoms with Gasteiger partial charge in [-0.3, -0.25) is 4.79 Å². The summed E-state index contributed by atoms with van der Waals surface area (Å²) in [5, 5.41) is 6.90. The Labute approximate surface area is 153 Å². The molecule has 2 rings (SSSR count). The Hall–Kier alpha value is -3.03. The summed E-state index contributed by atoms with van der Waals surface area (Å²) in [7, 11) is 1.68. The molecule has 0 saturated carbocycles. The fraction of sp³-hybridized carbons (Fsp3) is 0.389. The number of nitrogens with one attached hydrogen (secondary N) is 1. The minimum Gasteiger partial charge on any atom is -0.487 e. The molecule has 140 valence electrons. The Bertz CT molecular complexity index is 789. The molecule has 0 unspecified atom stereocenters. The lowest BCUT2D eigenvalue weighted by Gasteiger charge is -2.19. The number of nitrogen functional groups attached to an aromatic ring is 1. The largest absolute Gasteiger partial charge is 0.487 e. The lowest BCUT2D eigenvalue weighted by Crippen LogP contribution is -2.24. The van der Waals surface area contributed by atoms with Crippen LogP contribution in [-0.4, -0.2) is 41.2 Å². The molecule has 0 aromatic carbocycles. The topological polar surface area (TPSA) is 104 Å². The van der Waals surface area contributed by atoms with Gasteiger partial charge >= 0.3 is 0 Å². The molecule has 0 bridgehead atoms. The van der Waals surface area contributed by atoms with Gasteiger partial charge in [-0.1, -0.05) is 20.1 Å². The summed E-state index contributed by atoms with van der Waals surface area (Å²) in [6.07, 6.45) is 2.52. The van der Waals surface area contributed by atoms with E-state index in [4.69, 9.17) is 15.2 Å². The molecule has 0 radical (unpaired) electrons. The second kappa shape index (κ2) is 8.37. The van der Waals surface area contributed by atoms with Crippen LogP contribution >= 0.6 is 0 Å². The number of nitrogens with zero attached hydrogens (tertiary/aromatic N) is 3. The highest BCUT2D eigenvalue weighted by atomic mass is 16.6. The summed E-state index contributed by atoms with van der Waals surface area (Å²) in [5.41, 5.74) is 7.33. The molecule has 2 heterocycles. The van der Waals surface area contributed by atoms with E-state index in [1.807, 2.05) is 6.92 Å². The summed E-state index contributed by atoms with van der Waals surface area (Å²) in [4.78, 5) is 16.9. The number of rotatable bonds is 6. The van der Waals surface area contributed by atoms with Gasteiger partial charge in [0.2, 0.25) is 0 Å². The zero-order chi connectivity index (χ0) is 19.3. The quantitative estimate of drug-likeness (QED) is 0.758. The van der Waals surface area contributed by atoms with Crippen LogP contribution in [0.25, 0.3) is 0 Å². The maximum atomic E-state index is 12.4. The minimum atomic E-state index is -0.301. The zero-order valence-electron chi connectivity index (χ0n) is 15.5. The molecule has 3 N–H and O–H groups in total. The second-order valence-corrected chi connectivity index (χ2v) is 5.81. The number of carbonyl (C=O) groups is 1. The molecule has 8 heteroatoms. The number of hydrogen-bond acceptors (Lipinski definition) is 6. The number of aromatic nitrogens is 2. The van der Waals surface area contributed by atoms with E-state index in [1.54, 1.807) is 20.0 Å². The van der Waals surface area contributed by atoms with Crippen molar-refractivity contribution in [1.82, 2.24) is 15.1 Å². The normalized spacial score (nSPS) is 16.2. The van der Waals surface area contributed by atoms with Crippen LogP contribution in [-0.2, 0) is 16.5 Å². The molecule has 0 spiro atoms. The Morgan fingerprint density at radius 1 is 1.46 bits per heavy atom. The van der Waals surface area contributed by atoms with Gasteiger partial charge in [0.25, 0.3) is 5.91 Å². The van der Waals surface area contributed by atoms with Crippen molar-refractivity contribution in [2.45, 2.75) is 20.3 Å². The lowest BCUT2D eigenvalue weighted by atomic mass is 10.1. The van der Waals surface area contributed by atoms with Crippen molar-refractivity contribution < 1.29 is 14.3 Å². The number of aryl methyl sites for hydroxylation is 1. The summed E-state index contributed by atoms with van der Waals surface area (Å²) in [6.45, 7) is 13.0. The van der Waals surface area contributed by atoms with Crippen molar-refractivity contribution in [3.8, 4) is 0 Å². The van der Waals surface area contributed by atoms with E-state index in [1.165, 1.54) is 4.68 Å². The lowest BCUT2D eigenvalue weighted by molar-refractivity contribution is 0.0605. The predicted molar refractivity (Wildman–Crippen MR) is 101 cm³/mol. The van der Waals surface area contributed by atoms with Crippen LogP contribution in [0.15, 0.2) is 41.3 Å². The smallest absolute Gasteiger partial charge is 0.258 e. The van der Waals surface area contributed by atoms with Crippen LogP contribution < -0.4 is 11.1 Å². The third-order valence-corrected chi connectivity index (χ3v) is 3.74. The highest BCUT2D eigenvalue weighted by Gasteiger charge is 2.21. The summed E-state index contributed by atoms with van der Waals surface area (Å²) in [5.74, 6) is 1.17. The Balaban J connectivity index is 2.30. The van der Waals surface area contributed by atoms with Crippen LogP contribution in [0.2, 0.25) is 0 Å². The number of nitrogens with two attached hydrogens (primary N) is 1. The average Bonchev–Trinajstić information content (AvgIpc) is 2.88. The van der Waals surface area contributed by atoms with Gasteiger partial charge in [-0.15, -0.1) is 0 Å². The number of hydrogen-bond donors (Lipinski definition) is 2. The van der Waals surface area contributed by atoms with Gasteiger partial charge in [0, 0.05) is 19.3 Å². The predicted octanol–water partition coefficient (Wildman–Crippen LogP) is 2.24. The molecule has 1 aromatic rings. The molecular formula is C18H25N5O3. The minimum absolute atomic E-state index is 0.133. The molecule has 1 amide bonds. The number of amides is 1. The van der Waals surface area contributed by atoms with Crippen molar-refractivity contribution in [3.63, 3.8) is 0 Å². The van der Waals surface area contributed by atoms with Gasteiger partial charge < -0.3 is 20.5 Å². The molecule has 8 nitrogen and oxygen atoms in total. The van der Waals surface area contributed by atoms with Gasteiger partial charge in [-0.05, 0) is 25.0 Å². The molecule has 1 aromatic heterocycles. The van der Waals surface area contributed by atoms with E-state index in [0.717, 1.165) is 6.42 Å². The van der Waals surface area contributed by atoms with Crippen molar-refractivity contribution in [2.75, 3.05) is 25.5 Å². The molecule has 1 saturated heterocycles. The molecule has 0 aliphatic carbocycles. The maximum Gasteiger partial charge on any atom is 0.258 e. The van der Waals surface area contributed by atoms with E-state index in [9.17, 15) is 4.79 Å². The first kappa shape index (κ1) is 19.3. The summed E-state index contributed by atoms with van der Waals surface area (Å²) in [6, 6.07) is 0. The Morgan fingerprint density at radius 2 is 2.15 bits per heavy atom. The third-order valence-electron chi connectivity index (χ3n) is 3.74. The third kappa shape index (κ3) is 4.33. The van der Waals surface area contributed by atoms with Gasteiger partial charge in [0.05, 0.1) is 0 Å². The fourth-order valence-electron chi connectivity index (χ4n) is 2.29. The van der Waals surface area contributed by atoms with Gasteiger partial charge in [-0.2, -0.15) is 5.10 Å². The molecule has 1 aliphatic heterocycles. The number of ether oxygens (including phenoxy) is 2. The monoisotopic (exact) mass is 359 g/mol. The first-order valence-electron chi connectivity index (χ1n) is 8.37. The van der Waals surface area contributed by atoms with Crippen molar-refractivity contribution >= 4 is 23.3 Å². The average molecular weight is 359 g/mol. The first-order valence-corrected chi connectivity index (χ1v) is 8.37. The van der Waals surface area contributed by atoms with Gasteiger partial charge in [-0.25, -0.2) is 9.67 Å². The molecule has 1 fully saturated rings. The van der Waals surface area contributed by atoms with Crippen LogP contribution in [0.4, 0.5) is 11.6 Å². The van der Waals surface area contributed by atoms with Crippen molar-refractivity contribution in [3.05, 3.63) is 41.9 Å². The number of aliphatic imine (C=N–C) groups is 1. The number of anilines is 1. The van der Waals surface area contributed by atoms with Crippen molar-refractivity contribution in [2.24, 2.45) is 12.0 Å². The molecule has 26 heavy (non-hydrogen) atoms. The number of allylic oxidation sites excluding steroid dienone is 2. The van der Waals surface area contributed by atoms with Crippen LogP contribution in [0.3, 0.4) is 0 Å². The highest BCUT2D eigenvalue weighted by Crippen LogP contribution is 2.25. The van der Waals surface area contributed by atoms with Crippen LogP contribution in [0, 0.1) is 0 Å². The highest BCUT2D eigenvalue weighted by molar-refractivity contribution is 6.06. The summed E-state index contributed by atoms with van der Waals surface area (Å²) < 4.78 is 12.3. The maximum absolute atomic E-state index is 12.4. The second-order valence-electron chi connectivity index (χ2n) is 5.81. The Kier molecular flexibility index (Phi) is 6.21. The van der Waals surface area contributed by atoms with E-state index in [2.05, 4.69) is 28.6 Å². The molecule has 1 aliphatic rings. The SMILES string of the molecule is C=C(/C=C1/OCCOC1=C)C(C)=Nc1c(C(=O)NCCC)c(N)nn1C. The zero-order valence-corrected chi connectivity index (χ0v) is 15.5. The van der Waals surface area contributed by atoms with Crippen LogP contribution in [0.5, 0.6) is 0 Å². The van der Waals surface area contributed by atoms with E-state index in [0.29, 0.717) is 48.4 Å². The fourth-order valence-corrected chi connectivity index (χ4v) is 2.29.